The zero-order valence-electron chi connectivity index (χ0n) is 10.8. The van der Waals surface area contributed by atoms with Gasteiger partial charge in [-0.15, -0.1) is 0 Å². The summed E-state index contributed by atoms with van der Waals surface area (Å²) in [6, 6.07) is 7.49. The highest BCUT2D eigenvalue weighted by molar-refractivity contribution is 6.02. The molecule has 104 valence electrons. The maximum absolute atomic E-state index is 11.9. The van der Waals surface area contributed by atoms with E-state index in [9.17, 15) is 14.9 Å². The van der Waals surface area contributed by atoms with Gasteiger partial charge in [0.25, 0.3) is 11.6 Å². The van der Waals surface area contributed by atoms with E-state index in [2.05, 4.69) is 5.32 Å². The average molecular weight is 275 g/mol. The van der Waals surface area contributed by atoms with Crippen molar-refractivity contribution < 1.29 is 14.1 Å². The molecule has 2 rings (SSSR count). The van der Waals surface area contributed by atoms with Crippen molar-refractivity contribution in [2.24, 2.45) is 5.73 Å². The van der Waals surface area contributed by atoms with Crippen LogP contribution >= 0.6 is 0 Å². The lowest BCUT2D eigenvalue weighted by atomic mass is 10.2. The Bertz CT molecular complexity index is 663. The number of nitrogens with two attached hydrogens (primary N) is 1. The lowest BCUT2D eigenvalue weighted by Gasteiger charge is -2.04. The van der Waals surface area contributed by atoms with Gasteiger partial charge in [-0.2, -0.15) is 0 Å². The Morgan fingerprint density at radius 3 is 2.70 bits per heavy atom. The summed E-state index contributed by atoms with van der Waals surface area (Å²) in [6.45, 7) is 1.82. The van der Waals surface area contributed by atoms with Crippen LogP contribution in [0.3, 0.4) is 0 Å². The number of aryl methyl sites for hydroxylation is 1. The number of rotatable bonds is 4. The normalized spacial score (nSPS) is 10.3. The van der Waals surface area contributed by atoms with Crippen molar-refractivity contribution in [1.29, 1.82) is 0 Å². The van der Waals surface area contributed by atoms with E-state index in [4.69, 9.17) is 10.2 Å². The molecule has 0 bridgehead atoms. The van der Waals surface area contributed by atoms with Crippen LogP contribution in [0.5, 0.6) is 0 Å². The van der Waals surface area contributed by atoms with Crippen LogP contribution in [-0.2, 0) is 6.54 Å². The van der Waals surface area contributed by atoms with Gasteiger partial charge in [-0.3, -0.25) is 14.9 Å². The van der Waals surface area contributed by atoms with Gasteiger partial charge in [-0.1, -0.05) is 0 Å². The van der Waals surface area contributed by atoms with E-state index in [1.165, 1.54) is 24.3 Å². The Balaban J connectivity index is 2.15. The van der Waals surface area contributed by atoms with Crippen molar-refractivity contribution in [3.8, 4) is 0 Å². The van der Waals surface area contributed by atoms with Gasteiger partial charge in [0.1, 0.15) is 5.76 Å². The standard InChI is InChI=1S/C13H13N3O4/c1-8-6-9(2-4-11(8)16(18)19)15-13(17)12-5-3-10(7-14)20-12/h2-6H,7,14H2,1H3,(H,15,17). The summed E-state index contributed by atoms with van der Waals surface area (Å²) < 4.78 is 5.21. The molecule has 0 aliphatic heterocycles. The van der Waals surface area contributed by atoms with E-state index < -0.39 is 10.8 Å². The van der Waals surface area contributed by atoms with Crippen molar-refractivity contribution in [2.75, 3.05) is 5.32 Å². The molecule has 1 aromatic carbocycles. The van der Waals surface area contributed by atoms with Gasteiger partial charge in [-0.25, -0.2) is 0 Å². The highest BCUT2D eigenvalue weighted by Gasteiger charge is 2.14. The summed E-state index contributed by atoms with van der Waals surface area (Å²) in [7, 11) is 0. The second-order valence-electron chi connectivity index (χ2n) is 4.18. The van der Waals surface area contributed by atoms with Gasteiger partial charge in [0.05, 0.1) is 11.5 Å². The summed E-state index contributed by atoms with van der Waals surface area (Å²) in [6.07, 6.45) is 0. The molecular weight excluding hydrogens is 262 g/mol. The zero-order valence-corrected chi connectivity index (χ0v) is 10.8. The minimum absolute atomic E-state index is 0.00594. The van der Waals surface area contributed by atoms with Crippen molar-refractivity contribution >= 4 is 17.3 Å². The second kappa shape index (κ2) is 5.54. The predicted molar refractivity (Wildman–Crippen MR) is 72.4 cm³/mol. The fourth-order valence-electron chi connectivity index (χ4n) is 1.74. The number of nitrogens with zero attached hydrogens (tertiary/aromatic N) is 1. The molecule has 3 N–H and O–H groups in total. The monoisotopic (exact) mass is 275 g/mol. The molecule has 7 heteroatoms. The summed E-state index contributed by atoms with van der Waals surface area (Å²) in [5.74, 6) is 0.217. The van der Waals surface area contributed by atoms with E-state index in [1.807, 2.05) is 0 Å². The molecule has 1 aromatic heterocycles. The molecule has 0 unspecified atom stereocenters. The Kier molecular flexibility index (Phi) is 3.81. The fraction of sp³-hybridized carbons (Fsp3) is 0.154. The second-order valence-corrected chi connectivity index (χ2v) is 4.18. The average Bonchev–Trinajstić information content (AvgIpc) is 2.87. The van der Waals surface area contributed by atoms with Crippen LogP contribution in [0.4, 0.5) is 11.4 Å². The lowest BCUT2D eigenvalue weighted by Crippen LogP contribution is -2.11. The van der Waals surface area contributed by atoms with E-state index in [0.29, 0.717) is 17.0 Å². The Hall–Kier alpha value is -2.67. The van der Waals surface area contributed by atoms with E-state index in [-0.39, 0.29) is 18.0 Å². The van der Waals surface area contributed by atoms with E-state index >= 15 is 0 Å². The zero-order chi connectivity index (χ0) is 14.7. The van der Waals surface area contributed by atoms with Crippen LogP contribution < -0.4 is 11.1 Å². The third-order valence-corrected chi connectivity index (χ3v) is 2.74. The van der Waals surface area contributed by atoms with Crippen LogP contribution in [0, 0.1) is 17.0 Å². The van der Waals surface area contributed by atoms with Crippen molar-refractivity contribution in [2.45, 2.75) is 13.5 Å². The highest BCUT2D eigenvalue weighted by Crippen LogP contribution is 2.22. The molecule has 0 atom stereocenters. The third kappa shape index (κ3) is 2.83. The number of hydrogen-bond donors (Lipinski definition) is 2. The number of carbonyl (C=O) groups excluding carboxylic acids is 1. The van der Waals surface area contributed by atoms with Gasteiger partial charge >= 0.3 is 0 Å². The van der Waals surface area contributed by atoms with Crippen molar-refractivity contribution in [1.82, 2.24) is 0 Å². The summed E-state index contributed by atoms with van der Waals surface area (Å²) in [5, 5.41) is 13.3. The number of nitrogens with one attached hydrogen (secondary N) is 1. The smallest absolute Gasteiger partial charge is 0.291 e. The van der Waals surface area contributed by atoms with Crippen molar-refractivity contribution in [3.63, 3.8) is 0 Å². The van der Waals surface area contributed by atoms with Crippen LogP contribution in [-0.4, -0.2) is 10.8 Å². The first-order chi connectivity index (χ1) is 9.51. The van der Waals surface area contributed by atoms with Crippen molar-refractivity contribution in [3.05, 3.63) is 57.5 Å². The minimum atomic E-state index is -0.471. The summed E-state index contributed by atoms with van der Waals surface area (Å²) >= 11 is 0. The Labute approximate surface area is 114 Å². The first kappa shape index (κ1) is 13.8. The van der Waals surface area contributed by atoms with Gasteiger partial charge in [0.2, 0.25) is 0 Å². The topological polar surface area (TPSA) is 111 Å². The van der Waals surface area contributed by atoms with Gasteiger partial charge in [0, 0.05) is 17.3 Å². The number of benzene rings is 1. The van der Waals surface area contributed by atoms with Gasteiger partial charge in [0.15, 0.2) is 5.76 Å². The first-order valence-electron chi connectivity index (χ1n) is 5.86. The molecule has 1 amide bonds. The maximum Gasteiger partial charge on any atom is 0.291 e. The van der Waals surface area contributed by atoms with Crippen LogP contribution in [0.15, 0.2) is 34.7 Å². The Morgan fingerprint density at radius 2 is 2.15 bits per heavy atom. The quantitative estimate of drug-likeness (QED) is 0.656. The molecule has 0 spiro atoms. The minimum Gasteiger partial charge on any atom is -0.455 e. The molecule has 0 fully saturated rings. The fourth-order valence-corrected chi connectivity index (χ4v) is 1.74. The van der Waals surface area contributed by atoms with Crippen LogP contribution in [0.25, 0.3) is 0 Å². The first-order valence-corrected chi connectivity index (χ1v) is 5.86. The molecular formula is C13H13N3O4. The number of hydrogen-bond acceptors (Lipinski definition) is 5. The largest absolute Gasteiger partial charge is 0.455 e. The lowest BCUT2D eigenvalue weighted by molar-refractivity contribution is -0.385. The number of anilines is 1. The SMILES string of the molecule is Cc1cc(NC(=O)c2ccc(CN)o2)ccc1[N+](=O)[O-]. The maximum atomic E-state index is 11.9. The number of carbonyl (C=O) groups is 1. The number of amides is 1. The number of nitro groups is 1. The molecule has 0 saturated carbocycles. The molecule has 0 saturated heterocycles. The Morgan fingerprint density at radius 1 is 1.40 bits per heavy atom. The number of nitro benzene ring substituents is 1. The molecule has 1 heterocycles. The van der Waals surface area contributed by atoms with Gasteiger partial charge < -0.3 is 15.5 Å². The van der Waals surface area contributed by atoms with E-state index in [0.717, 1.165) is 0 Å². The van der Waals surface area contributed by atoms with Crippen LogP contribution in [0.2, 0.25) is 0 Å². The highest BCUT2D eigenvalue weighted by atomic mass is 16.6. The molecule has 0 radical (unpaired) electrons. The van der Waals surface area contributed by atoms with Gasteiger partial charge in [-0.05, 0) is 31.2 Å². The third-order valence-electron chi connectivity index (χ3n) is 2.74. The summed E-state index contributed by atoms with van der Waals surface area (Å²) in [5.41, 5.74) is 6.33. The summed E-state index contributed by atoms with van der Waals surface area (Å²) in [4.78, 5) is 22.1. The molecule has 0 aliphatic carbocycles. The molecule has 7 nitrogen and oxygen atoms in total. The molecule has 20 heavy (non-hydrogen) atoms. The van der Waals surface area contributed by atoms with Crippen LogP contribution in [0.1, 0.15) is 21.9 Å². The predicted octanol–water partition coefficient (Wildman–Crippen LogP) is 2.21. The molecule has 2 aromatic rings. The van der Waals surface area contributed by atoms with E-state index in [1.54, 1.807) is 13.0 Å². The molecule has 0 aliphatic rings. The number of furan rings is 1.